The summed E-state index contributed by atoms with van der Waals surface area (Å²) in [6, 6.07) is 6.88. The second kappa shape index (κ2) is 8.11. The van der Waals surface area contributed by atoms with Gasteiger partial charge in [0.25, 0.3) is 11.5 Å². The third-order valence-electron chi connectivity index (χ3n) is 7.47. The molecular weight excluding hydrogens is 428 g/mol. The molecule has 1 saturated carbocycles. The van der Waals surface area contributed by atoms with E-state index < -0.39 is 11.3 Å². The lowest BCUT2D eigenvalue weighted by Gasteiger charge is -2.40. The van der Waals surface area contributed by atoms with Crippen molar-refractivity contribution in [1.82, 2.24) is 14.5 Å². The Labute approximate surface area is 191 Å². The Morgan fingerprint density at radius 1 is 1.03 bits per heavy atom. The van der Waals surface area contributed by atoms with Gasteiger partial charge in [-0.2, -0.15) is 0 Å². The van der Waals surface area contributed by atoms with Crippen LogP contribution in [0.15, 0.2) is 41.5 Å². The zero-order chi connectivity index (χ0) is 23.2. The van der Waals surface area contributed by atoms with E-state index >= 15 is 0 Å². The van der Waals surface area contributed by atoms with Crippen LogP contribution in [0.4, 0.5) is 20.2 Å². The van der Waals surface area contributed by atoms with Crippen molar-refractivity contribution in [3.63, 3.8) is 0 Å². The standard InChI is InChI=1S/C24H29F2N5O2/c1-18-20(3-2-9-27-18)28-11-13-29(14-12-28)22(33)16-31-15-19(4-5-21(31)32)30-10-8-23(6-7-23)24(25,26)17-30/h2-5,9,15H,6-8,10-14,16-17H2,1H3. The van der Waals surface area contributed by atoms with Gasteiger partial charge in [0.05, 0.1) is 23.6 Å². The number of alkyl halides is 2. The highest BCUT2D eigenvalue weighted by Crippen LogP contribution is 2.61. The molecule has 7 nitrogen and oxygen atoms in total. The molecule has 0 N–H and O–H groups in total. The molecule has 0 unspecified atom stereocenters. The first-order valence-electron chi connectivity index (χ1n) is 11.6. The monoisotopic (exact) mass is 457 g/mol. The molecule has 3 aliphatic rings. The fourth-order valence-electron chi connectivity index (χ4n) is 5.09. The van der Waals surface area contributed by atoms with Crippen LogP contribution in [0.5, 0.6) is 0 Å². The summed E-state index contributed by atoms with van der Waals surface area (Å²) in [6.07, 6.45) is 4.96. The van der Waals surface area contributed by atoms with Crippen LogP contribution in [0.1, 0.15) is 25.0 Å². The Morgan fingerprint density at radius 3 is 2.45 bits per heavy atom. The summed E-state index contributed by atoms with van der Waals surface area (Å²) in [5.74, 6) is -2.87. The van der Waals surface area contributed by atoms with E-state index in [1.165, 1.54) is 10.6 Å². The van der Waals surface area contributed by atoms with Crippen LogP contribution in [0.25, 0.3) is 0 Å². The third-order valence-corrected chi connectivity index (χ3v) is 7.47. The minimum Gasteiger partial charge on any atom is -0.367 e. The molecule has 1 aliphatic carbocycles. The number of hydrogen-bond donors (Lipinski definition) is 0. The van der Waals surface area contributed by atoms with Gasteiger partial charge in [-0.15, -0.1) is 0 Å². The summed E-state index contributed by atoms with van der Waals surface area (Å²) in [5, 5.41) is 0. The van der Waals surface area contributed by atoms with Crippen LogP contribution in [-0.2, 0) is 11.3 Å². The summed E-state index contributed by atoms with van der Waals surface area (Å²) < 4.78 is 30.6. The number of halogens is 2. The average molecular weight is 458 g/mol. The lowest BCUT2D eigenvalue weighted by atomic mass is 9.89. The van der Waals surface area contributed by atoms with Gasteiger partial charge < -0.3 is 19.3 Å². The van der Waals surface area contributed by atoms with Crippen molar-refractivity contribution < 1.29 is 13.6 Å². The van der Waals surface area contributed by atoms with Gasteiger partial charge in [0.15, 0.2) is 0 Å². The van der Waals surface area contributed by atoms with Crippen LogP contribution in [0.2, 0.25) is 0 Å². The molecule has 2 saturated heterocycles. The fourth-order valence-corrected chi connectivity index (χ4v) is 5.09. The first-order valence-corrected chi connectivity index (χ1v) is 11.6. The smallest absolute Gasteiger partial charge is 0.270 e. The van der Waals surface area contributed by atoms with Crippen molar-refractivity contribution >= 4 is 17.3 Å². The highest BCUT2D eigenvalue weighted by Gasteiger charge is 2.63. The number of nitrogens with zero attached hydrogens (tertiary/aromatic N) is 5. The van der Waals surface area contributed by atoms with Crippen molar-refractivity contribution in [1.29, 1.82) is 0 Å². The van der Waals surface area contributed by atoms with E-state index in [0.29, 0.717) is 57.7 Å². The average Bonchev–Trinajstić information content (AvgIpc) is 3.59. The predicted octanol–water partition coefficient (Wildman–Crippen LogP) is 2.53. The van der Waals surface area contributed by atoms with Crippen molar-refractivity contribution in [3.8, 4) is 0 Å². The van der Waals surface area contributed by atoms with E-state index in [1.54, 1.807) is 28.3 Å². The number of piperazine rings is 1. The molecule has 1 amide bonds. The van der Waals surface area contributed by atoms with Gasteiger partial charge in [-0.05, 0) is 44.4 Å². The van der Waals surface area contributed by atoms with E-state index in [9.17, 15) is 18.4 Å². The fraction of sp³-hybridized carbons (Fsp3) is 0.542. The van der Waals surface area contributed by atoms with Crippen molar-refractivity contribution in [3.05, 3.63) is 52.7 Å². The van der Waals surface area contributed by atoms with E-state index in [4.69, 9.17) is 0 Å². The lowest BCUT2D eigenvalue weighted by Crippen LogP contribution is -2.51. The maximum absolute atomic E-state index is 14.6. The second-order valence-electron chi connectivity index (χ2n) is 9.49. The number of hydrogen-bond acceptors (Lipinski definition) is 5. The quantitative estimate of drug-likeness (QED) is 0.706. The minimum absolute atomic E-state index is 0.0905. The summed E-state index contributed by atoms with van der Waals surface area (Å²) >= 11 is 0. The number of anilines is 2. The molecule has 1 spiro atoms. The number of carbonyl (C=O) groups excluding carboxylic acids is 1. The van der Waals surface area contributed by atoms with E-state index in [1.807, 2.05) is 19.1 Å². The molecule has 0 bridgehead atoms. The summed E-state index contributed by atoms with van der Waals surface area (Å²) in [4.78, 5) is 35.2. The number of aryl methyl sites for hydroxylation is 1. The SMILES string of the molecule is Cc1ncccc1N1CCN(C(=O)Cn2cc(N3CCC4(CC4)C(F)(F)C3)ccc2=O)CC1. The van der Waals surface area contributed by atoms with Crippen LogP contribution in [-0.4, -0.2) is 65.5 Å². The molecule has 9 heteroatoms. The largest absolute Gasteiger partial charge is 0.367 e. The van der Waals surface area contributed by atoms with Crippen molar-refractivity contribution in [2.24, 2.45) is 5.41 Å². The van der Waals surface area contributed by atoms with E-state index in [0.717, 1.165) is 11.4 Å². The summed E-state index contributed by atoms with van der Waals surface area (Å²) in [5.41, 5.74) is 1.47. The molecule has 0 radical (unpaired) electrons. The Kier molecular flexibility index (Phi) is 5.37. The van der Waals surface area contributed by atoms with Crippen LogP contribution < -0.4 is 15.4 Å². The second-order valence-corrected chi connectivity index (χ2v) is 9.49. The number of piperidine rings is 1. The highest BCUT2D eigenvalue weighted by atomic mass is 19.3. The normalized spacial score (nSPS) is 21.4. The molecule has 2 aromatic heterocycles. The van der Waals surface area contributed by atoms with E-state index in [-0.39, 0.29) is 24.6 Å². The lowest BCUT2D eigenvalue weighted by molar-refractivity contribution is -0.132. The first kappa shape index (κ1) is 21.9. The van der Waals surface area contributed by atoms with Crippen LogP contribution in [0, 0.1) is 12.3 Å². The van der Waals surface area contributed by atoms with Gasteiger partial charge in [-0.1, -0.05) is 0 Å². The van der Waals surface area contributed by atoms with E-state index in [2.05, 4.69) is 9.88 Å². The minimum atomic E-state index is -2.73. The van der Waals surface area contributed by atoms with Gasteiger partial charge in [0, 0.05) is 56.6 Å². The molecule has 0 aromatic carbocycles. The predicted molar refractivity (Wildman–Crippen MR) is 122 cm³/mol. The van der Waals surface area contributed by atoms with Crippen LogP contribution in [0.3, 0.4) is 0 Å². The number of amides is 1. The van der Waals surface area contributed by atoms with Gasteiger partial charge in [0.2, 0.25) is 5.91 Å². The van der Waals surface area contributed by atoms with Gasteiger partial charge in [0.1, 0.15) is 6.54 Å². The zero-order valence-corrected chi connectivity index (χ0v) is 18.8. The Bertz CT molecular complexity index is 1110. The third kappa shape index (κ3) is 4.09. The van der Waals surface area contributed by atoms with Crippen LogP contribution >= 0.6 is 0 Å². The number of carbonyl (C=O) groups is 1. The molecule has 5 rings (SSSR count). The Morgan fingerprint density at radius 2 is 1.79 bits per heavy atom. The number of pyridine rings is 2. The maximum atomic E-state index is 14.6. The molecule has 4 heterocycles. The molecule has 0 atom stereocenters. The summed E-state index contributed by atoms with van der Waals surface area (Å²) in [7, 11) is 0. The first-order chi connectivity index (χ1) is 15.8. The molecule has 2 aliphatic heterocycles. The molecule has 2 aromatic rings. The summed E-state index contributed by atoms with van der Waals surface area (Å²) in [6.45, 7) is 4.58. The van der Waals surface area contributed by atoms with Crippen molar-refractivity contribution in [2.75, 3.05) is 49.1 Å². The maximum Gasteiger partial charge on any atom is 0.270 e. The van der Waals surface area contributed by atoms with Crippen molar-refractivity contribution in [2.45, 2.75) is 38.7 Å². The molecule has 33 heavy (non-hydrogen) atoms. The number of rotatable bonds is 4. The van der Waals surface area contributed by atoms with Gasteiger partial charge in [-0.3, -0.25) is 14.6 Å². The highest BCUT2D eigenvalue weighted by molar-refractivity contribution is 5.76. The molecule has 3 fully saturated rings. The topological polar surface area (TPSA) is 61.7 Å². The van der Waals surface area contributed by atoms with Gasteiger partial charge in [-0.25, -0.2) is 8.78 Å². The van der Waals surface area contributed by atoms with Gasteiger partial charge >= 0.3 is 0 Å². The molecule has 176 valence electrons. The Hall–Kier alpha value is -2.97. The number of aromatic nitrogens is 2. The molecular formula is C24H29F2N5O2. The zero-order valence-electron chi connectivity index (χ0n) is 18.8. The Balaban J connectivity index is 1.23.